The minimum atomic E-state index is 0.134. The number of aryl methyl sites for hydroxylation is 2. The molecule has 1 nitrogen and oxygen atoms in total. The van der Waals surface area contributed by atoms with E-state index < -0.39 is 0 Å². The summed E-state index contributed by atoms with van der Waals surface area (Å²) in [5.74, 6) is 0. The molecule has 0 spiro atoms. The van der Waals surface area contributed by atoms with Crippen LogP contribution in [-0.2, 0) is 6.42 Å². The Kier molecular flexibility index (Phi) is 3.90. The predicted octanol–water partition coefficient (Wildman–Crippen LogP) is 2.83. The van der Waals surface area contributed by atoms with Crippen LogP contribution in [0.4, 0.5) is 0 Å². The van der Waals surface area contributed by atoms with E-state index in [1.54, 1.807) is 0 Å². The van der Waals surface area contributed by atoms with E-state index in [1.165, 1.54) is 11.1 Å². The fraction of sp³-hybridized carbons (Fsp3) is 0.385. The van der Waals surface area contributed by atoms with E-state index in [2.05, 4.69) is 37.8 Å². The molecule has 14 heavy (non-hydrogen) atoms. The quantitative estimate of drug-likeness (QED) is 0.724. The summed E-state index contributed by atoms with van der Waals surface area (Å²) >= 11 is 0. The molecule has 0 aliphatic rings. The lowest BCUT2D eigenvalue weighted by molar-refractivity contribution is 0.688. The van der Waals surface area contributed by atoms with Gasteiger partial charge in [0.2, 0.25) is 0 Å². The maximum atomic E-state index is 5.91. The minimum absolute atomic E-state index is 0.134. The van der Waals surface area contributed by atoms with Gasteiger partial charge in [0.1, 0.15) is 0 Å². The molecule has 1 unspecified atom stereocenters. The van der Waals surface area contributed by atoms with Crippen molar-refractivity contribution in [2.45, 2.75) is 32.7 Å². The number of hydrogen-bond acceptors (Lipinski definition) is 1. The predicted molar refractivity (Wildman–Crippen MR) is 62.3 cm³/mol. The molecule has 0 amide bonds. The van der Waals surface area contributed by atoms with Crippen molar-refractivity contribution in [1.82, 2.24) is 0 Å². The van der Waals surface area contributed by atoms with Crippen molar-refractivity contribution >= 4 is 0 Å². The zero-order valence-electron chi connectivity index (χ0n) is 9.09. The van der Waals surface area contributed by atoms with Crippen LogP contribution < -0.4 is 5.73 Å². The Morgan fingerprint density at radius 1 is 1.43 bits per heavy atom. The monoisotopic (exact) mass is 189 g/mol. The van der Waals surface area contributed by atoms with E-state index in [0.717, 1.165) is 18.4 Å². The normalized spacial score (nSPS) is 12.5. The molecule has 1 atom stereocenters. The van der Waals surface area contributed by atoms with Gasteiger partial charge in [0.15, 0.2) is 0 Å². The SMILES string of the molecule is C=C(C)C(N)CCc1ccccc1C. The second kappa shape index (κ2) is 4.97. The zero-order chi connectivity index (χ0) is 10.6. The third-order valence-electron chi connectivity index (χ3n) is 2.62. The number of benzene rings is 1. The maximum Gasteiger partial charge on any atom is 0.0251 e. The van der Waals surface area contributed by atoms with Crippen molar-refractivity contribution < 1.29 is 0 Å². The molecule has 0 saturated heterocycles. The summed E-state index contributed by atoms with van der Waals surface area (Å²) in [6.45, 7) is 7.99. The first kappa shape index (κ1) is 11.0. The summed E-state index contributed by atoms with van der Waals surface area (Å²) in [6.07, 6.45) is 2.03. The van der Waals surface area contributed by atoms with Crippen molar-refractivity contribution in [3.63, 3.8) is 0 Å². The van der Waals surface area contributed by atoms with Crippen LogP contribution in [0.25, 0.3) is 0 Å². The lowest BCUT2D eigenvalue weighted by Gasteiger charge is -2.11. The lowest BCUT2D eigenvalue weighted by atomic mass is 9.99. The van der Waals surface area contributed by atoms with Crippen LogP contribution in [0.3, 0.4) is 0 Å². The molecular formula is C13H19N. The van der Waals surface area contributed by atoms with E-state index in [0.29, 0.717) is 0 Å². The van der Waals surface area contributed by atoms with E-state index in [-0.39, 0.29) is 6.04 Å². The summed E-state index contributed by atoms with van der Waals surface area (Å²) in [5.41, 5.74) is 9.72. The molecular weight excluding hydrogens is 170 g/mol. The fourth-order valence-electron chi connectivity index (χ4n) is 1.45. The van der Waals surface area contributed by atoms with Gasteiger partial charge in [0.05, 0.1) is 0 Å². The summed E-state index contributed by atoms with van der Waals surface area (Å²) in [7, 11) is 0. The molecule has 0 aromatic heterocycles. The van der Waals surface area contributed by atoms with Crippen LogP contribution in [0, 0.1) is 6.92 Å². The van der Waals surface area contributed by atoms with Crippen LogP contribution >= 0.6 is 0 Å². The Balaban J connectivity index is 2.54. The van der Waals surface area contributed by atoms with E-state index in [1.807, 2.05) is 6.92 Å². The lowest BCUT2D eigenvalue weighted by Crippen LogP contribution is -2.21. The Morgan fingerprint density at radius 3 is 2.64 bits per heavy atom. The third kappa shape index (κ3) is 3.00. The van der Waals surface area contributed by atoms with Gasteiger partial charge in [-0.15, -0.1) is 0 Å². The maximum absolute atomic E-state index is 5.91. The van der Waals surface area contributed by atoms with E-state index >= 15 is 0 Å². The standard InChI is InChI=1S/C13H19N/c1-10(2)13(14)9-8-12-7-5-4-6-11(12)3/h4-7,13H,1,8-9,14H2,2-3H3. The molecule has 1 aromatic rings. The van der Waals surface area contributed by atoms with Gasteiger partial charge in [-0.05, 0) is 37.8 Å². The van der Waals surface area contributed by atoms with Gasteiger partial charge < -0.3 is 5.73 Å². The van der Waals surface area contributed by atoms with Gasteiger partial charge in [-0.3, -0.25) is 0 Å². The molecule has 0 heterocycles. The topological polar surface area (TPSA) is 26.0 Å². The van der Waals surface area contributed by atoms with Crippen molar-refractivity contribution in [3.8, 4) is 0 Å². The van der Waals surface area contributed by atoms with Gasteiger partial charge >= 0.3 is 0 Å². The second-order valence-electron chi connectivity index (χ2n) is 3.92. The summed E-state index contributed by atoms with van der Waals surface area (Å²) in [5, 5.41) is 0. The Bertz CT molecular complexity index is 315. The van der Waals surface area contributed by atoms with Crippen molar-refractivity contribution in [3.05, 3.63) is 47.5 Å². The van der Waals surface area contributed by atoms with E-state index in [9.17, 15) is 0 Å². The minimum Gasteiger partial charge on any atom is -0.324 e. The molecule has 0 fully saturated rings. The highest BCUT2D eigenvalue weighted by Crippen LogP contribution is 2.12. The molecule has 2 N–H and O–H groups in total. The van der Waals surface area contributed by atoms with Crippen molar-refractivity contribution in [2.75, 3.05) is 0 Å². The highest BCUT2D eigenvalue weighted by molar-refractivity contribution is 5.25. The fourth-order valence-corrected chi connectivity index (χ4v) is 1.45. The van der Waals surface area contributed by atoms with Gasteiger partial charge in [-0.25, -0.2) is 0 Å². The zero-order valence-corrected chi connectivity index (χ0v) is 9.09. The van der Waals surface area contributed by atoms with Crippen LogP contribution in [-0.4, -0.2) is 6.04 Å². The third-order valence-corrected chi connectivity index (χ3v) is 2.62. The molecule has 0 bridgehead atoms. The highest BCUT2D eigenvalue weighted by atomic mass is 14.6. The molecule has 1 rings (SSSR count). The molecule has 1 heteroatoms. The largest absolute Gasteiger partial charge is 0.324 e. The smallest absolute Gasteiger partial charge is 0.0251 e. The molecule has 0 radical (unpaired) electrons. The molecule has 1 aromatic carbocycles. The molecule has 76 valence electrons. The van der Waals surface area contributed by atoms with Gasteiger partial charge in [-0.1, -0.05) is 36.4 Å². The van der Waals surface area contributed by atoms with E-state index in [4.69, 9.17) is 5.73 Å². The number of nitrogens with two attached hydrogens (primary N) is 1. The molecule has 0 saturated carbocycles. The van der Waals surface area contributed by atoms with Crippen molar-refractivity contribution in [1.29, 1.82) is 0 Å². The first-order valence-corrected chi connectivity index (χ1v) is 5.06. The Morgan fingerprint density at radius 2 is 2.07 bits per heavy atom. The average molecular weight is 189 g/mol. The van der Waals surface area contributed by atoms with Crippen LogP contribution in [0.15, 0.2) is 36.4 Å². The number of rotatable bonds is 4. The highest BCUT2D eigenvalue weighted by Gasteiger charge is 2.04. The first-order chi connectivity index (χ1) is 6.61. The molecule has 0 aliphatic heterocycles. The summed E-state index contributed by atoms with van der Waals surface area (Å²) in [6, 6.07) is 8.59. The Labute approximate surface area is 86.6 Å². The van der Waals surface area contributed by atoms with Gasteiger partial charge in [0, 0.05) is 6.04 Å². The summed E-state index contributed by atoms with van der Waals surface area (Å²) < 4.78 is 0. The number of hydrogen-bond donors (Lipinski definition) is 1. The molecule has 0 aliphatic carbocycles. The summed E-state index contributed by atoms with van der Waals surface area (Å²) in [4.78, 5) is 0. The van der Waals surface area contributed by atoms with Gasteiger partial charge in [-0.2, -0.15) is 0 Å². The second-order valence-corrected chi connectivity index (χ2v) is 3.92. The average Bonchev–Trinajstić information content (AvgIpc) is 2.16. The van der Waals surface area contributed by atoms with Gasteiger partial charge in [0.25, 0.3) is 0 Å². The van der Waals surface area contributed by atoms with Crippen LogP contribution in [0.5, 0.6) is 0 Å². The Hall–Kier alpha value is -1.08. The van der Waals surface area contributed by atoms with Crippen LogP contribution in [0.2, 0.25) is 0 Å². The van der Waals surface area contributed by atoms with Crippen molar-refractivity contribution in [2.24, 2.45) is 5.73 Å². The first-order valence-electron chi connectivity index (χ1n) is 5.06. The van der Waals surface area contributed by atoms with Crippen LogP contribution in [0.1, 0.15) is 24.5 Å².